The van der Waals surface area contributed by atoms with Gasteiger partial charge in [-0.15, -0.1) is 11.8 Å². The highest BCUT2D eigenvalue weighted by Crippen LogP contribution is 2.34. The second kappa shape index (κ2) is 6.81. The molecule has 0 spiro atoms. The fourth-order valence-corrected chi connectivity index (χ4v) is 3.06. The SMILES string of the molecule is CCn1ncc(OC)c1C(NC)c1ccccc1SC. The number of hydrogen-bond donors (Lipinski definition) is 1. The summed E-state index contributed by atoms with van der Waals surface area (Å²) < 4.78 is 7.46. The minimum absolute atomic E-state index is 0.0658. The fourth-order valence-electron chi connectivity index (χ4n) is 2.42. The Hall–Kier alpha value is -1.46. The lowest BCUT2D eigenvalue weighted by molar-refractivity contribution is 0.400. The molecular formula is C15H21N3OS. The second-order valence-corrected chi connectivity index (χ2v) is 5.23. The summed E-state index contributed by atoms with van der Waals surface area (Å²) in [4.78, 5) is 1.26. The molecule has 1 atom stereocenters. The Morgan fingerprint density at radius 2 is 2.15 bits per heavy atom. The van der Waals surface area contributed by atoms with E-state index >= 15 is 0 Å². The van der Waals surface area contributed by atoms with E-state index in [-0.39, 0.29) is 6.04 Å². The summed E-state index contributed by atoms with van der Waals surface area (Å²) in [5.41, 5.74) is 2.31. The third kappa shape index (κ3) is 2.69. The molecule has 1 aromatic carbocycles. The molecule has 0 bridgehead atoms. The number of thioether (sulfide) groups is 1. The Balaban J connectivity index is 2.55. The van der Waals surface area contributed by atoms with Crippen molar-refractivity contribution in [2.24, 2.45) is 0 Å². The Bertz CT molecular complexity index is 546. The van der Waals surface area contributed by atoms with Crippen LogP contribution in [0.25, 0.3) is 0 Å². The summed E-state index contributed by atoms with van der Waals surface area (Å²) in [6.45, 7) is 2.90. The number of hydrogen-bond acceptors (Lipinski definition) is 4. The van der Waals surface area contributed by atoms with Crippen LogP contribution in [0.4, 0.5) is 0 Å². The zero-order chi connectivity index (χ0) is 14.5. The van der Waals surface area contributed by atoms with Gasteiger partial charge in [0, 0.05) is 11.4 Å². The maximum atomic E-state index is 5.48. The van der Waals surface area contributed by atoms with Crippen molar-refractivity contribution in [2.75, 3.05) is 20.4 Å². The van der Waals surface area contributed by atoms with E-state index < -0.39 is 0 Å². The van der Waals surface area contributed by atoms with Crippen LogP contribution in [0.1, 0.15) is 24.2 Å². The maximum absolute atomic E-state index is 5.48. The number of methoxy groups -OCH3 is 1. The van der Waals surface area contributed by atoms with Gasteiger partial charge in [0.05, 0.1) is 19.3 Å². The standard InChI is InChI=1S/C15H21N3OS/c1-5-18-15(12(19-3)10-17-18)14(16-2)11-8-6-7-9-13(11)20-4/h6-10,14,16H,5H2,1-4H3. The van der Waals surface area contributed by atoms with Crippen molar-refractivity contribution in [1.82, 2.24) is 15.1 Å². The van der Waals surface area contributed by atoms with Crippen LogP contribution >= 0.6 is 11.8 Å². The monoisotopic (exact) mass is 291 g/mol. The lowest BCUT2D eigenvalue weighted by Crippen LogP contribution is -2.22. The van der Waals surface area contributed by atoms with Crippen LogP contribution in [-0.4, -0.2) is 30.2 Å². The molecule has 4 nitrogen and oxygen atoms in total. The van der Waals surface area contributed by atoms with Crippen LogP contribution in [0, 0.1) is 0 Å². The van der Waals surface area contributed by atoms with Crippen LogP contribution in [0.5, 0.6) is 5.75 Å². The van der Waals surface area contributed by atoms with E-state index in [1.807, 2.05) is 11.7 Å². The highest BCUT2D eigenvalue weighted by molar-refractivity contribution is 7.98. The van der Waals surface area contributed by atoms with Gasteiger partial charge in [0.1, 0.15) is 5.69 Å². The number of aromatic nitrogens is 2. The van der Waals surface area contributed by atoms with Crippen LogP contribution in [0.3, 0.4) is 0 Å². The van der Waals surface area contributed by atoms with Gasteiger partial charge < -0.3 is 10.1 Å². The van der Waals surface area contributed by atoms with E-state index in [2.05, 4.69) is 47.9 Å². The van der Waals surface area contributed by atoms with E-state index in [1.54, 1.807) is 25.1 Å². The van der Waals surface area contributed by atoms with Crippen LogP contribution in [-0.2, 0) is 6.54 Å². The third-order valence-corrected chi connectivity index (χ3v) is 4.19. The minimum Gasteiger partial charge on any atom is -0.493 e. The summed E-state index contributed by atoms with van der Waals surface area (Å²) in [5, 5.41) is 7.79. The lowest BCUT2D eigenvalue weighted by atomic mass is 10.0. The second-order valence-electron chi connectivity index (χ2n) is 4.38. The molecule has 0 saturated carbocycles. The predicted octanol–water partition coefficient (Wildman–Crippen LogP) is 2.94. The number of nitrogens with zero attached hydrogens (tertiary/aromatic N) is 2. The van der Waals surface area contributed by atoms with E-state index in [0.29, 0.717) is 0 Å². The first-order valence-corrected chi connectivity index (χ1v) is 7.89. The van der Waals surface area contributed by atoms with Crippen LogP contribution < -0.4 is 10.1 Å². The Morgan fingerprint density at radius 3 is 2.75 bits per heavy atom. The van der Waals surface area contributed by atoms with Gasteiger partial charge in [-0.05, 0) is 31.9 Å². The first-order valence-electron chi connectivity index (χ1n) is 6.66. The van der Waals surface area contributed by atoms with Crippen molar-refractivity contribution < 1.29 is 4.74 Å². The van der Waals surface area contributed by atoms with Crippen molar-refractivity contribution >= 4 is 11.8 Å². The minimum atomic E-state index is 0.0658. The van der Waals surface area contributed by atoms with Gasteiger partial charge in [-0.1, -0.05) is 18.2 Å². The Labute approximate surface area is 124 Å². The molecule has 0 aliphatic carbocycles. The largest absolute Gasteiger partial charge is 0.493 e. The topological polar surface area (TPSA) is 39.1 Å². The van der Waals surface area contributed by atoms with Gasteiger partial charge >= 0.3 is 0 Å². The molecule has 0 aliphatic rings. The van der Waals surface area contributed by atoms with Gasteiger partial charge in [-0.3, -0.25) is 4.68 Å². The Kier molecular flexibility index (Phi) is 5.09. The summed E-state index contributed by atoms with van der Waals surface area (Å²) >= 11 is 1.75. The summed E-state index contributed by atoms with van der Waals surface area (Å²) in [6, 6.07) is 8.49. The molecule has 1 heterocycles. The average molecular weight is 291 g/mol. The van der Waals surface area contributed by atoms with E-state index in [4.69, 9.17) is 4.74 Å². The van der Waals surface area contributed by atoms with Gasteiger partial charge in [0.15, 0.2) is 5.75 Å². The molecule has 1 unspecified atom stereocenters. The highest BCUT2D eigenvalue weighted by atomic mass is 32.2. The number of aryl methyl sites for hydroxylation is 1. The first-order chi connectivity index (χ1) is 9.76. The molecule has 0 fully saturated rings. The van der Waals surface area contributed by atoms with Gasteiger partial charge in [0.25, 0.3) is 0 Å². The number of nitrogens with one attached hydrogen (secondary N) is 1. The molecule has 108 valence electrons. The summed E-state index contributed by atoms with van der Waals surface area (Å²) in [6.07, 6.45) is 3.88. The Morgan fingerprint density at radius 1 is 1.40 bits per heavy atom. The van der Waals surface area contributed by atoms with E-state index in [0.717, 1.165) is 18.0 Å². The highest BCUT2D eigenvalue weighted by Gasteiger charge is 2.23. The van der Waals surface area contributed by atoms with Crippen molar-refractivity contribution in [3.8, 4) is 5.75 Å². The zero-order valence-electron chi connectivity index (χ0n) is 12.4. The fraction of sp³-hybridized carbons (Fsp3) is 0.400. The molecule has 2 rings (SSSR count). The molecule has 20 heavy (non-hydrogen) atoms. The molecule has 0 amide bonds. The number of rotatable bonds is 6. The molecular weight excluding hydrogens is 270 g/mol. The number of ether oxygens (including phenoxy) is 1. The molecule has 0 saturated heterocycles. The maximum Gasteiger partial charge on any atom is 0.161 e. The molecule has 1 aromatic heterocycles. The molecule has 0 aliphatic heterocycles. The van der Waals surface area contributed by atoms with E-state index in [9.17, 15) is 0 Å². The van der Waals surface area contributed by atoms with Gasteiger partial charge in [0.2, 0.25) is 0 Å². The predicted molar refractivity (Wildman–Crippen MR) is 83.6 cm³/mol. The average Bonchev–Trinajstić information content (AvgIpc) is 2.91. The summed E-state index contributed by atoms with van der Waals surface area (Å²) in [5.74, 6) is 0.821. The zero-order valence-corrected chi connectivity index (χ0v) is 13.2. The third-order valence-electron chi connectivity index (χ3n) is 3.38. The smallest absolute Gasteiger partial charge is 0.161 e. The van der Waals surface area contributed by atoms with Crippen LogP contribution in [0.15, 0.2) is 35.4 Å². The molecule has 2 aromatic rings. The van der Waals surface area contributed by atoms with Gasteiger partial charge in [-0.25, -0.2) is 0 Å². The normalized spacial score (nSPS) is 12.4. The van der Waals surface area contributed by atoms with Crippen molar-refractivity contribution in [3.63, 3.8) is 0 Å². The summed E-state index contributed by atoms with van der Waals surface area (Å²) in [7, 11) is 3.65. The van der Waals surface area contributed by atoms with Crippen LogP contribution in [0.2, 0.25) is 0 Å². The lowest BCUT2D eigenvalue weighted by Gasteiger charge is -2.21. The molecule has 5 heteroatoms. The van der Waals surface area contributed by atoms with Crippen molar-refractivity contribution in [1.29, 1.82) is 0 Å². The first kappa shape index (κ1) is 14.9. The quantitative estimate of drug-likeness (QED) is 0.831. The molecule has 0 radical (unpaired) electrons. The number of benzene rings is 1. The van der Waals surface area contributed by atoms with Crippen molar-refractivity contribution in [3.05, 3.63) is 41.7 Å². The van der Waals surface area contributed by atoms with E-state index in [1.165, 1.54) is 10.5 Å². The van der Waals surface area contributed by atoms with Gasteiger partial charge in [-0.2, -0.15) is 5.10 Å². The molecule has 1 N–H and O–H groups in total. The van der Waals surface area contributed by atoms with Crippen molar-refractivity contribution in [2.45, 2.75) is 24.4 Å².